The minimum atomic E-state index is -0.0788. The van der Waals surface area contributed by atoms with Gasteiger partial charge in [0, 0.05) is 19.2 Å². The Kier molecular flexibility index (Phi) is 4.53. The molecule has 5 nitrogen and oxygen atoms in total. The minimum absolute atomic E-state index is 0.0749. The fourth-order valence-corrected chi connectivity index (χ4v) is 2.68. The maximum atomic E-state index is 12.4. The standard InChI is InChI=1S/C17H20N2O3/c1-13-11-16(18-22-13)17(20)19-9-10-21-15(12-19)8-7-14-5-3-2-4-6-14/h2-6,11,15H,7-10,12H2,1H3. The molecule has 1 atom stereocenters. The van der Waals surface area contributed by atoms with Gasteiger partial charge in [0.1, 0.15) is 5.76 Å². The molecule has 1 fully saturated rings. The number of hydrogen-bond donors (Lipinski definition) is 0. The number of aryl methyl sites for hydroxylation is 2. The molecule has 116 valence electrons. The number of nitrogens with zero attached hydrogens (tertiary/aromatic N) is 2. The minimum Gasteiger partial charge on any atom is -0.375 e. The summed E-state index contributed by atoms with van der Waals surface area (Å²) in [7, 11) is 0. The van der Waals surface area contributed by atoms with E-state index in [9.17, 15) is 4.79 Å². The van der Waals surface area contributed by atoms with E-state index in [2.05, 4.69) is 17.3 Å². The van der Waals surface area contributed by atoms with Crippen LogP contribution in [0.2, 0.25) is 0 Å². The zero-order valence-electron chi connectivity index (χ0n) is 12.7. The summed E-state index contributed by atoms with van der Waals surface area (Å²) in [6, 6.07) is 12.0. The number of hydrogen-bond acceptors (Lipinski definition) is 4. The van der Waals surface area contributed by atoms with Crippen LogP contribution in [0.1, 0.15) is 28.2 Å². The Morgan fingerprint density at radius 2 is 2.18 bits per heavy atom. The number of benzene rings is 1. The third kappa shape index (κ3) is 3.54. The van der Waals surface area contributed by atoms with Gasteiger partial charge < -0.3 is 14.2 Å². The van der Waals surface area contributed by atoms with E-state index in [4.69, 9.17) is 9.26 Å². The van der Waals surface area contributed by atoms with Crippen molar-refractivity contribution in [3.8, 4) is 0 Å². The fourth-order valence-electron chi connectivity index (χ4n) is 2.68. The number of ether oxygens (including phenoxy) is 1. The van der Waals surface area contributed by atoms with Crippen molar-refractivity contribution >= 4 is 5.91 Å². The Labute approximate surface area is 129 Å². The van der Waals surface area contributed by atoms with Crippen molar-refractivity contribution in [1.29, 1.82) is 0 Å². The Morgan fingerprint density at radius 3 is 2.91 bits per heavy atom. The summed E-state index contributed by atoms with van der Waals surface area (Å²) >= 11 is 0. The molecule has 5 heteroatoms. The van der Waals surface area contributed by atoms with Crippen molar-refractivity contribution in [3.05, 3.63) is 53.4 Å². The van der Waals surface area contributed by atoms with Gasteiger partial charge in [-0.05, 0) is 25.3 Å². The molecule has 0 radical (unpaired) electrons. The molecule has 0 saturated carbocycles. The van der Waals surface area contributed by atoms with Crippen LogP contribution in [-0.4, -0.2) is 41.8 Å². The lowest BCUT2D eigenvalue weighted by Crippen LogP contribution is -2.45. The van der Waals surface area contributed by atoms with Gasteiger partial charge in [-0.25, -0.2) is 0 Å². The molecule has 1 unspecified atom stereocenters. The molecule has 0 aliphatic carbocycles. The lowest BCUT2D eigenvalue weighted by molar-refractivity contribution is -0.0248. The summed E-state index contributed by atoms with van der Waals surface area (Å²) in [5.41, 5.74) is 1.67. The summed E-state index contributed by atoms with van der Waals surface area (Å²) in [6.07, 6.45) is 1.94. The molecule has 1 aliphatic rings. The molecule has 0 spiro atoms. The lowest BCUT2D eigenvalue weighted by Gasteiger charge is -2.32. The van der Waals surface area contributed by atoms with Crippen molar-refractivity contribution in [2.24, 2.45) is 0 Å². The first-order valence-corrected chi connectivity index (χ1v) is 7.60. The van der Waals surface area contributed by atoms with Crippen LogP contribution in [0.3, 0.4) is 0 Å². The van der Waals surface area contributed by atoms with Crippen LogP contribution in [0.4, 0.5) is 0 Å². The molecule has 1 aliphatic heterocycles. The molecule has 1 amide bonds. The van der Waals surface area contributed by atoms with E-state index in [1.807, 2.05) is 18.2 Å². The van der Waals surface area contributed by atoms with Crippen LogP contribution in [0.15, 0.2) is 40.9 Å². The molecule has 0 N–H and O–H groups in total. The van der Waals surface area contributed by atoms with Crippen LogP contribution < -0.4 is 0 Å². The average Bonchev–Trinajstić information content (AvgIpc) is 3.00. The van der Waals surface area contributed by atoms with Gasteiger partial charge in [-0.15, -0.1) is 0 Å². The van der Waals surface area contributed by atoms with E-state index in [0.29, 0.717) is 31.2 Å². The van der Waals surface area contributed by atoms with E-state index >= 15 is 0 Å². The highest BCUT2D eigenvalue weighted by molar-refractivity contribution is 5.92. The van der Waals surface area contributed by atoms with Crippen LogP contribution in [0.5, 0.6) is 0 Å². The average molecular weight is 300 g/mol. The molecule has 3 rings (SSSR count). The summed E-state index contributed by atoms with van der Waals surface area (Å²) in [5, 5.41) is 3.80. The molecule has 1 saturated heterocycles. The van der Waals surface area contributed by atoms with Crippen LogP contribution >= 0.6 is 0 Å². The molecule has 2 aromatic rings. The summed E-state index contributed by atoms with van der Waals surface area (Å²) in [5.74, 6) is 0.571. The first-order chi connectivity index (χ1) is 10.7. The molecule has 0 bridgehead atoms. The maximum Gasteiger partial charge on any atom is 0.276 e. The number of amides is 1. The Morgan fingerprint density at radius 1 is 1.36 bits per heavy atom. The molecule has 1 aromatic heterocycles. The highest BCUT2D eigenvalue weighted by Crippen LogP contribution is 2.15. The Hall–Kier alpha value is -2.14. The quantitative estimate of drug-likeness (QED) is 0.870. The van der Waals surface area contributed by atoms with Crippen LogP contribution in [0.25, 0.3) is 0 Å². The van der Waals surface area contributed by atoms with Crippen molar-refractivity contribution in [1.82, 2.24) is 10.1 Å². The lowest BCUT2D eigenvalue weighted by atomic mass is 10.1. The Bertz CT molecular complexity index is 624. The number of morpholine rings is 1. The van der Waals surface area contributed by atoms with Gasteiger partial charge in [-0.3, -0.25) is 4.79 Å². The maximum absolute atomic E-state index is 12.4. The van der Waals surface area contributed by atoms with Crippen molar-refractivity contribution in [2.45, 2.75) is 25.9 Å². The molecule has 1 aromatic carbocycles. The zero-order valence-corrected chi connectivity index (χ0v) is 12.7. The third-order valence-electron chi connectivity index (χ3n) is 3.87. The first kappa shape index (κ1) is 14.8. The van der Waals surface area contributed by atoms with E-state index in [1.54, 1.807) is 17.9 Å². The van der Waals surface area contributed by atoms with Gasteiger partial charge in [0.2, 0.25) is 0 Å². The van der Waals surface area contributed by atoms with Gasteiger partial charge >= 0.3 is 0 Å². The Balaban J connectivity index is 1.56. The van der Waals surface area contributed by atoms with E-state index in [0.717, 1.165) is 12.8 Å². The van der Waals surface area contributed by atoms with Gasteiger partial charge in [-0.1, -0.05) is 35.5 Å². The second-order valence-electron chi connectivity index (χ2n) is 5.59. The van der Waals surface area contributed by atoms with Gasteiger partial charge in [-0.2, -0.15) is 0 Å². The van der Waals surface area contributed by atoms with Gasteiger partial charge in [0.05, 0.1) is 12.7 Å². The van der Waals surface area contributed by atoms with Crippen molar-refractivity contribution in [2.75, 3.05) is 19.7 Å². The van der Waals surface area contributed by atoms with E-state index in [-0.39, 0.29) is 12.0 Å². The van der Waals surface area contributed by atoms with Crippen molar-refractivity contribution < 1.29 is 14.1 Å². The fraction of sp³-hybridized carbons (Fsp3) is 0.412. The van der Waals surface area contributed by atoms with E-state index in [1.165, 1.54) is 5.56 Å². The number of carbonyl (C=O) groups excluding carboxylic acids is 1. The third-order valence-corrected chi connectivity index (χ3v) is 3.87. The molecular formula is C17H20N2O3. The molecular weight excluding hydrogens is 280 g/mol. The topological polar surface area (TPSA) is 55.6 Å². The van der Waals surface area contributed by atoms with Crippen LogP contribution in [0, 0.1) is 6.92 Å². The number of aromatic nitrogens is 1. The monoisotopic (exact) mass is 300 g/mol. The van der Waals surface area contributed by atoms with Crippen molar-refractivity contribution in [3.63, 3.8) is 0 Å². The number of rotatable bonds is 4. The smallest absolute Gasteiger partial charge is 0.276 e. The summed E-state index contributed by atoms with van der Waals surface area (Å²) in [6.45, 7) is 3.57. The van der Waals surface area contributed by atoms with Gasteiger partial charge in [0.25, 0.3) is 5.91 Å². The first-order valence-electron chi connectivity index (χ1n) is 7.60. The second-order valence-corrected chi connectivity index (χ2v) is 5.59. The molecule has 22 heavy (non-hydrogen) atoms. The molecule has 2 heterocycles. The largest absolute Gasteiger partial charge is 0.375 e. The van der Waals surface area contributed by atoms with E-state index < -0.39 is 0 Å². The highest BCUT2D eigenvalue weighted by atomic mass is 16.5. The second kappa shape index (κ2) is 6.75. The number of carbonyl (C=O) groups is 1. The summed E-state index contributed by atoms with van der Waals surface area (Å²) < 4.78 is 10.8. The van der Waals surface area contributed by atoms with Gasteiger partial charge in [0.15, 0.2) is 5.69 Å². The predicted molar refractivity (Wildman–Crippen MR) is 81.6 cm³/mol. The normalized spacial score (nSPS) is 18.4. The zero-order chi connectivity index (χ0) is 15.4. The summed E-state index contributed by atoms with van der Waals surface area (Å²) in [4.78, 5) is 14.2. The van der Waals surface area contributed by atoms with Crippen LogP contribution in [-0.2, 0) is 11.2 Å². The predicted octanol–water partition coefficient (Wildman–Crippen LogP) is 2.46. The SMILES string of the molecule is Cc1cc(C(=O)N2CCOC(CCc3ccccc3)C2)no1. The highest BCUT2D eigenvalue weighted by Gasteiger charge is 2.26.